The molecule has 0 radical (unpaired) electrons. The van der Waals surface area contributed by atoms with Gasteiger partial charge in [0.15, 0.2) is 0 Å². The molecule has 16 heavy (non-hydrogen) atoms. The second-order valence-corrected chi connectivity index (χ2v) is 4.80. The lowest BCUT2D eigenvalue weighted by molar-refractivity contribution is -0.123. The van der Waals surface area contributed by atoms with Crippen LogP contribution in [0, 0.1) is 0 Å². The minimum atomic E-state index is 0.0580. The van der Waals surface area contributed by atoms with Crippen molar-refractivity contribution in [3.8, 4) is 0 Å². The maximum atomic E-state index is 11.7. The highest BCUT2D eigenvalue weighted by Crippen LogP contribution is 2.06. The molecule has 1 rings (SSSR count). The molecule has 4 heteroatoms. The standard InChI is InChI=1S/C12H25N3O/c1-15(2)10-6-5-9-14-12(16)11-7-3-4-8-13-11/h11,13H,3-10H2,1-2H3,(H,14,16)/t11-/m1/s1. The van der Waals surface area contributed by atoms with Crippen LogP contribution in [0.3, 0.4) is 0 Å². The summed E-state index contributed by atoms with van der Waals surface area (Å²) in [5, 5.41) is 6.26. The Morgan fingerprint density at radius 2 is 2.19 bits per heavy atom. The average Bonchev–Trinajstić information content (AvgIpc) is 2.29. The van der Waals surface area contributed by atoms with E-state index in [0.29, 0.717) is 0 Å². The highest BCUT2D eigenvalue weighted by atomic mass is 16.2. The van der Waals surface area contributed by atoms with Gasteiger partial charge in [-0.2, -0.15) is 0 Å². The molecule has 0 spiro atoms. The van der Waals surface area contributed by atoms with Crippen LogP contribution in [-0.2, 0) is 4.79 Å². The van der Waals surface area contributed by atoms with E-state index in [1.54, 1.807) is 0 Å². The van der Waals surface area contributed by atoms with Crippen molar-refractivity contribution < 1.29 is 4.79 Å². The number of amides is 1. The number of hydrogen-bond donors (Lipinski definition) is 2. The number of unbranched alkanes of at least 4 members (excludes halogenated alkanes) is 1. The summed E-state index contributed by atoms with van der Waals surface area (Å²) in [7, 11) is 4.15. The normalized spacial score (nSPS) is 21.1. The molecule has 1 atom stereocenters. The molecule has 0 bridgehead atoms. The summed E-state index contributed by atoms with van der Waals surface area (Å²) in [6.45, 7) is 2.89. The molecule has 0 unspecified atom stereocenters. The Hall–Kier alpha value is -0.610. The monoisotopic (exact) mass is 227 g/mol. The summed E-state index contributed by atoms with van der Waals surface area (Å²) in [4.78, 5) is 13.9. The molecule has 1 amide bonds. The van der Waals surface area contributed by atoms with Crippen molar-refractivity contribution in [3.05, 3.63) is 0 Å². The molecule has 2 N–H and O–H groups in total. The van der Waals surface area contributed by atoms with Gasteiger partial charge in [0.25, 0.3) is 0 Å². The third kappa shape index (κ3) is 5.47. The smallest absolute Gasteiger partial charge is 0.237 e. The quantitative estimate of drug-likeness (QED) is 0.653. The fourth-order valence-corrected chi connectivity index (χ4v) is 1.96. The van der Waals surface area contributed by atoms with Gasteiger partial charge in [-0.25, -0.2) is 0 Å². The second-order valence-electron chi connectivity index (χ2n) is 4.80. The van der Waals surface area contributed by atoms with Crippen molar-refractivity contribution in [2.45, 2.75) is 38.1 Å². The van der Waals surface area contributed by atoms with E-state index in [9.17, 15) is 4.79 Å². The van der Waals surface area contributed by atoms with Crippen molar-refractivity contribution in [1.29, 1.82) is 0 Å². The first-order chi connectivity index (χ1) is 7.70. The van der Waals surface area contributed by atoms with E-state index in [1.165, 1.54) is 12.8 Å². The van der Waals surface area contributed by atoms with Crippen molar-refractivity contribution in [2.24, 2.45) is 0 Å². The average molecular weight is 227 g/mol. The second kappa shape index (κ2) is 7.63. The molecule has 0 aromatic heterocycles. The molecule has 94 valence electrons. The molecule has 1 aliphatic heterocycles. The number of nitrogens with zero attached hydrogens (tertiary/aromatic N) is 1. The van der Waals surface area contributed by atoms with Gasteiger partial charge in [-0.15, -0.1) is 0 Å². The van der Waals surface area contributed by atoms with Gasteiger partial charge in [0.1, 0.15) is 0 Å². The summed E-state index contributed by atoms with van der Waals surface area (Å²) in [6, 6.07) is 0.0580. The maximum Gasteiger partial charge on any atom is 0.237 e. The molecule has 0 saturated carbocycles. The van der Waals surface area contributed by atoms with Crippen LogP contribution in [0.4, 0.5) is 0 Å². The van der Waals surface area contributed by atoms with E-state index in [-0.39, 0.29) is 11.9 Å². The zero-order chi connectivity index (χ0) is 11.8. The topological polar surface area (TPSA) is 44.4 Å². The van der Waals surface area contributed by atoms with E-state index in [4.69, 9.17) is 0 Å². The van der Waals surface area contributed by atoms with Gasteiger partial charge in [-0.1, -0.05) is 6.42 Å². The lowest BCUT2D eigenvalue weighted by Gasteiger charge is -2.22. The fraction of sp³-hybridized carbons (Fsp3) is 0.917. The van der Waals surface area contributed by atoms with E-state index in [2.05, 4.69) is 29.6 Å². The van der Waals surface area contributed by atoms with Crippen LogP contribution < -0.4 is 10.6 Å². The van der Waals surface area contributed by atoms with Gasteiger partial charge in [0.05, 0.1) is 6.04 Å². The van der Waals surface area contributed by atoms with E-state index >= 15 is 0 Å². The first-order valence-electron chi connectivity index (χ1n) is 6.36. The van der Waals surface area contributed by atoms with Crippen LogP contribution >= 0.6 is 0 Å². The predicted octanol–water partition coefficient (Wildman–Crippen LogP) is 0.587. The van der Waals surface area contributed by atoms with E-state index in [0.717, 1.165) is 38.9 Å². The molecule has 0 aliphatic carbocycles. The van der Waals surface area contributed by atoms with Crippen molar-refractivity contribution >= 4 is 5.91 Å². The van der Waals surface area contributed by atoms with Crippen LogP contribution in [0.1, 0.15) is 32.1 Å². The largest absolute Gasteiger partial charge is 0.355 e. The molecule has 0 aromatic rings. The Labute approximate surface area is 98.8 Å². The molecule has 1 fully saturated rings. The molecule has 4 nitrogen and oxygen atoms in total. The van der Waals surface area contributed by atoms with Crippen molar-refractivity contribution in [2.75, 3.05) is 33.7 Å². The summed E-state index contributed by atoms with van der Waals surface area (Å²) in [5.41, 5.74) is 0. The third-order valence-corrected chi connectivity index (χ3v) is 2.96. The fourth-order valence-electron chi connectivity index (χ4n) is 1.96. The molecular formula is C12H25N3O. The van der Waals surface area contributed by atoms with Crippen molar-refractivity contribution in [1.82, 2.24) is 15.5 Å². The molecule has 1 heterocycles. The number of piperidine rings is 1. The summed E-state index contributed by atoms with van der Waals surface area (Å²) in [5.74, 6) is 0.185. The van der Waals surface area contributed by atoms with Crippen LogP contribution in [0.5, 0.6) is 0 Å². The van der Waals surface area contributed by atoms with E-state index < -0.39 is 0 Å². The van der Waals surface area contributed by atoms with Crippen LogP contribution in [0.15, 0.2) is 0 Å². The number of nitrogens with one attached hydrogen (secondary N) is 2. The number of carbonyl (C=O) groups excluding carboxylic acids is 1. The zero-order valence-electron chi connectivity index (χ0n) is 10.6. The lowest BCUT2D eigenvalue weighted by atomic mass is 10.0. The van der Waals surface area contributed by atoms with Crippen molar-refractivity contribution in [3.63, 3.8) is 0 Å². The van der Waals surface area contributed by atoms with Crippen LogP contribution in [0.25, 0.3) is 0 Å². The van der Waals surface area contributed by atoms with Gasteiger partial charge in [0.2, 0.25) is 5.91 Å². The molecule has 0 aromatic carbocycles. The highest BCUT2D eigenvalue weighted by Gasteiger charge is 2.19. The Balaban J connectivity index is 2.01. The molecular weight excluding hydrogens is 202 g/mol. The maximum absolute atomic E-state index is 11.7. The number of carbonyl (C=O) groups is 1. The first kappa shape index (κ1) is 13.5. The number of rotatable bonds is 6. The van der Waals surface area contributed by atoms with Gasteiger partial charge in [0, 0.05) is 6.54 Å². The summed E-state index contributed by atoms with van der Waals surface area (Å²) in [6.07, 6.45) is 5.57. The van der Waals surface area contributed by atoms with Gasteiger partial charge in [-0.3, -0.25) is 4.79 Å². The first-order valence-corrected chi connectivity index (χ1v) is 6.36. The van der Waals surface area contributed by atoms with Gasteiger partial charge < -0.3 is 15.5 Å². The Kier molecular flexibility index (Phi) is 6.42. The molecule has 1 aliphatic rings. The van der Waals surface area contributed by atoms with E-state index in [1.807, 2.05) is 0 Å². The Bertz CT molecular complexity index is 200. The minimum Gasteiger partial charge on any atom is -0.355 e. The third-order valence-electron chi connectivity index (χ3n) is 2.96. The predicted molar refractivity (Wildman–Crippen MR) is 66.4 cm³/mol. The zero-order valence-corrected chi connectivity index (χ0v) is 10.6. The number of hydrogen-bond acceptors (Lipinski definition) is 3. The molecule has 1 saturated heterocycles. The van der Waals surface area contributed by atoms with Gasteiger partial charge >= 0.3 is 0 Å². The Morgan fingerprint density at radius 3 is 2.81 bits per heavy atom. The van der Waals surface area contributed by atoms with Crippen LogP contribution in [0.2, 0.25) is 0 Å². The highest BCUT2D eigenvalue weighted by molar-refractivity contribution is 5.81. The Morgan fingerprint density at radius 1 is 1.38 bits per heavy atom. The lowest BCUT2D eigenvalue weighted by Crippen LogP contribution is -2.46. The van der Waals surface area contributed by atoms with Crippen LogP contribution in [-0.4, -0.2) is 50.6 Å². The SMILES string of the molecule is CN(C)CCCCNC(=O)[C@H]1CCCCN1. The summed E-state index contributed by atoms with van der Waals surface area (Å²) < 4.78 is 0. The van der Waals surface area contributed by atoms with Gasteiger partial charge in [-0.05, 0) is 52.9 Å². The minimum absolute atomic E-state index is 0.0580. The summed E-state index contributed by atoms with van der Waals surface area (Å²) >= 11 is 0.